The number of aryl methyl sites for hydroxylation is 2. The fraction of sp³-hybridized carbons (Fsp3) is 0.435. The Morgan fingerprint density at radius 2 is 1.73 bits per heavy atom. The summed E-state index contributed by atoms with van der Waals surface area (Å²) in [5.74, 6) is 1.05. The second kappa shape index (κ2) is 7.94. The molecule has 0 aromatic heterocycles. The zero-order chi connectivity index (χ0) is 18.7. The molecule has 26 heavy (non-hydrogen) atoms. The van der Waals surface area contributed by atoms with Crippen LogP contribution >= 0.6 is 0 Å². The lowest BCUT2D eigenvalue weighted by Crippen LogP contribution is -2.38. The van der Waals surface area contributed by atoms with Crippen molar-refractivity contribution in [2.24, 2.45) is 0 Å². The highest BCUT2D eigenvalue weighted by atomic mass is 16.5. The average molecular weight is 351 g/mol. The van der Waals surface area contributed by atoms with Crippen molar-refractivity contribution in [3.05, 3.63) is 64.7 Å². The smallest absolute Gasteiger partial charge is 0.261 e. The zero-order valence-electron chi connectivity index (χ0n) is 16.2. The fourth-order valence-electron chi connectivity index (χ4n) is 3.58. The maximum atomic E-state index is 12.6. The molecule has 0 saturated carbocycles. The van der Waals surface area contributed by atoms with Gasteiger partial charge in [-0.05, 0) is 67.3 Å². The van der Waals surface area contributed by atoms with Gasteiger partial charge in [-0.15, -0.1) is 0 Å². The largest absolute Gasteiger partial charge is 0.481 e. The summed E-state index contributed by atoms with van der Waals surface area (Å²) in [6.07, 6.45) is 3.03. The number of carbonyl (C=O) groups is 1. The monoisotopic (exact) mass is 351 g/mol. The fourth-order valence-corrected chi connectivity index (χ4v) is 3.58. The van der Waals surface area contributed by atoms with Gasteiger partial charge in [0, 0.05) is 0 Å². The minimum atomic E-state index is -0.535. The molecule has 138 valence electrons. The molecule has 0 radical (unpaired) electrons. The number of fused-ring (bicyclic) bond motifs is 1. The van der Waals surface area contributed by atoms with Crippen LogP contribution in [0.15, 0.2) is 42.5 Å². The Bertz CT molecular complexity index is 782. The van der Waals surface area contributed by atoms with Crippen LogP contribution in [-0.4, -0.2) is 12.0 Å². The molecule has 1 aliphatic carbocycles. The molecular formula is C23H29NO2. The first-order chi connectivity index (χ1) is 12.5. The highest BCUT2D eigenvalue weighted by molar-refractivity contribution is 5.81. The summed E-state index contributed by atoms with van der Waals surface area (Å²) in [5.41, 5.74) is 5.17. The first-order valence-electron chi connectivity index (χ1n) is 9.63. The molecule has 0 heterocycles. The molecular weight excluding hydrogens is 322 g/mol. The van der Waals surface area contributed by atoms with E-state index in [2.05, 4.69) is 43.4 Å². The van der Waals surface area contributed by atoms with Crippen molar-refractivity contribution in [3.8, 4) is 5.75 Å². The molecule has 0 aliphatic heterocycles. The number of ether oxygens (including phenoxy) is 1. The van der Waals surface area contributed by atoms with Crippen LogP contribution in [0.5, 0.6) is 5.75 Å². The number of para-hydroxylation sites is 1. The normalized spacial score (nSPS) is 15.4. The molecule has 3 rings (SSSR count). The summed E-state index contributed by atoms with van der Waals surface area (Å²) in [6.45, 7) is 8.09. The predicted molar refractivity (Wildman–Crippen MR) is 106 cm³/mol. The molecule has 2 aromatic rings. The molecule has 1 N–H and O–H groups in total. The minimum Gasteiger partial charge on any atom is -0.481 e. The van der Waals surface area contributed by atoms with E-state index < -0.39 is 6.10 Å². The number of carbonyl (C=O) groups excluding carboxylic acids is 1. The topological polar surface area (TPSA) is 38.3 Å². The summed E-state index contributed by atoms with van der Waals surface area (Å²) in [4.78, 5) is 12.6. The zero-order valence-corrected chi connectivity index (χ0v) is 16.2. The van der Waals surface area contributed by atoms with E-state index in [1.165, 1.54) is 24.0 Å². The van der Waals surface area contributed by atoms with E-state index >= 15 is 0 Å². The van der Waals surface area contributed by atoms with Crippen LogP contribution in [0.2, 0.25) is 0 Å². The molecule has 0 spiro atoms. The van der Waals surface area contributed by atoms with Crippen LogP contribution in [0, 0.1) is 0 Å². The van der Waals surface area contributed by atoms with Gasteiger partial charge in [0.25, 0.3) is 5.91 Å². The van der Waals surface area contributed by atoms with Gasteiger partial charge in [0.2, 0.25) is 0 Å². The molecule has 0 fully saturated rings. The summed E-state index contributed by atoms with van der Waals surface area (Å²) in [7, 11) is 0. The van der Waals surface area contributed by atoms with Crippen molar-refractivity contribution in [3.63, 3.8) is 0 Å². The SMILES string of the molecule is CC(C)c1ccccc1O[C@H](C)C(=O)N[C@H](C)c1ccc2c(c1)CCC2. The molecule has 3 heteroatoms. The van der Waals surface area contributed by atoms with Crippen molar-refractivity contribution >= 4 is 5.91 Å². The number of benzene rings is 2. The van der Waals surface area contributed by atoms with E-state index in [-0.39, 0.29) is 11.9 Å². The van der Waals surface area contributed by atoms with Crippen molar-refractivity contribution < 1.29 is 9.53 Å². The number of amides is 1. The Morgan fingerprint density at radius 1 is 1.00 bits per heavy atom. The minimum absolute atomic E-state index is 0.0280. The summed E-state index contributed by atoms with van der Waals surface area (Å²) < 4.78 is 5.97. The van der Waals surface area contributed by atoms with E-state index in [1.807, 2.05) is 32.0 Å². The maximum Gasteiger partial charge on any atom is 0.261 e. The summed E-state index contributed by atoms with van der Waals surface area (Å²) >= 11 is 0. The van der Waals surface area contributed by atoms with Crippen LogP contribution < -0.4 is 10.1 Å². The molecule has 1 aliphatic rings. The van der Waals surface area contributed by atoms with Crippen LogP contribution in [0.3, 0.4) is 0 Å². The number of hydrogen-bond donors (Lipinski definition) is 1. The van der Waals surface area contributed by atoms with Gasteiger partial charge >= 0.3 is 0 Å². The van der Waals surface area contributed by atoms with Gasteiger partial charge in [-0.3, -0.25) is 4.79 Å². The Hall–Kier alpha value is -2.29. The van der Waals surface area contributed by atoms with Gasteiger partial charge in [-0.25, -0.2) is 0 Å². The lowest BCUT2D eigenvalue weighted by Gasteiger charge is -2.21. The first kappa shape index (κ1) is 18.5. The summed E-state index contributed by atoms with van der Waals surface area (Å²) in [5, 5.41) is 3.09. The highest BCUT2D eigenvalue weighted by Gasteiger charge is 2.20. The Balaban J connectivity index is 1.64. The molecule has 0 unspecified atom stereocenters. The first-order valence-corrected chi connectivity index (χ1v) is 9.63. The average Bonchev–Trinajstić information content (AvgIpc) is 3.09. The second-order valence-electron chi connectivity index (χ2n) is 7.56. The third-order valence-corrected chi connectivity index (χ3v) is 5.20. The molecule has 1 amide bonds. The second-order valence-corrected chi connectivity index (χ2v) is 7.56. The lowest BCUT2D eigenvalue weighted by atomic mass is 10.0. The third-order valence-electron chi connectivity index (χ3n) is 5.20. The molecule has 0 bridgehead atoms. The lowest BCUT2D eigenvalue weighted by molar-refractivity contribution is -0.127. The van der Waals surface area contributed by atoms with Crippen molar-refractivity contribution in [1.29, 1.82) is 0 Å². The van der Waals surface area contributed by atoms with Gasteiger partial charge in [-0.1, -0.05) is 50.2 Å². The van der Waals surface area contributed by atoms with Crippen LogP contribution in [-0.2, 0) is 17.6 Å². The quantitative estimate of drug-likeness (QED) is 0.800. The molecule has 3 nitrogen and oxygen atoms in total. The Labute approximate surface area is 156 Å². The van der Waals surface area contributed by atoms with Crippen LogP contribution in [0.4, 0.5) is 0 Å². The molecule has 2 aromatic carbocycles. The van der Waals surface area contributed by atoms with Gasteiger partial charge < -0.3 is 10.1 Å². The van der Waals surface area contributed by atoms with Crippen molar-refractivity contribution in [2.45, 2.75) is 65.0 Å². The van der Waals surface area contributed by atoms with E-state index in [9.17, 15) is 4.79 Å². The number of hydrogen-bond acceptors (Lipinski definition) is 2. The highest BCUT2D eigenvalue weighted by Crippen LogP contribution is 2.27. The van der Waals surface area contributed by atoms with Gasteiger partial charge in [0.05, 0.1) is 6.04 Å². The van der Waals surface area contributed by atoms with Crippen molar-refractivity contribution in [2.75, 3.05) is 0 Å². The Kier molecular flexibility index (Phi) is 5.65. The van der Waals surface area contributed by atoms with E-state index in [4.69, 9.17) is 4.74 Å². The Morgan fingerprint density at radius 3 is 2.50 bits per heavy atom. The van der Waals surface area contributed by atoms with E-state index in [0.717, 1.165) is 23.3 Å². The van der Waals surface area contributed by atoms with Gasteiger partial charge in [0.15, 0.2) is 6.10 Å². The summed E-state index contributed by atoms with van der Waals surface area (Å²) in [6, 6.07) is 14.5. The van der Waals surface area contributed by atoms with Crippen LogP contribution in [0.25, 0.3) is 0 Å². The van der Waals surface area contributed by atoms with E-state index in [0.29, 0.717) is 5.92 Å². The molecule has 2 atom stereocenters. The van der Waals surface area contributed by atoms with Gasteiger partial charge in [-0.2, -0.15) is 0 Å². The number of nitrogens with one attached hydrogen (secondary N) is 1. The van der Waals surface area contributed by atoms with Gasteiger partial charge in [0.1, 0.15) is 5.75 Å². The van der Waals surface area contributed by atoms with E-state index in [1.54, 1.807) is 0 Å². The molecule has 0 saturated heterocycles. The maximum absolute atomic E-state index is 12.6. The predicted octanol–water partition coefficient (Wildman–Crippen LogP) is 4.94. The standard InChI is InChI=1S/C23H29NO2/c1-15(2)21-10-5-6-11-22(21)26-17(4)23(25)24-16(3)19-13-12-18-8-7-9-20(18)14-19/h5-6,10-17H,7-9H2,1-4H3,(H,24,25)/t16-,17-/m1/s1. The van der Waals surface area contributed by atoms with Crippen molar-refractivity contribution in [1.82, 2.24) is 5.32 Å². The third kappa shape index (κ3) is 4.09. The number of rotatable bonds is 6. The van der Waals surface area contributed by atoms with Crippen LogP contribution in [0.1, 0.15) is 68.3 Å².